The first-order chi connectivity index (χ1) is 12.0. The van der Waals surface area contributed by atoms with E-state index in [2.05, 4.69) is 10.2 Å². The summed E-state index contributed by atoms with van der Waals surface area (Å²) in [6.45, 7) is 0.887. The molecule has 130 valence electrons. The highest BCUT2D eigenvalue weighted by molar-refractivity contribution is 6.30. The Morgan fingerprint density at radius 1 is 1.16 bits per heavy atom. The van der Waals surface area contributed by atoms with Gasteiger partial charge in [0.15, 0.2) is 5.76 Å². The standard InChI is InChI=1S/C20H21ClN2O2/c1-23(2)17(14-7-9-16(21)10-8-14)12-22-13-18(24)20-11-15-5-3-4-6-19(15)25-20/h3-11,17,22H,12-13H2,1-2H3. The third-order valence-corrected chi connectivity index (χ3v) is 4.45. The Hall–Kier alpha value is -2.14. The quantitative estimate of drug-likeness (QED) is 0.645. The van der Waals surface area contributed by atoms with E-state index in [9.17, 15) is 4.79 Å². The third kappa shape index (κ3) is 4.28. The number of halogens is 1. The molecule has 0 aliphatic rings. The average Bonchev–Trinajstić information content (AvgIpc) is 3.03. The van der Waals surface area contributed by atoms with Gasteiger partial charge in [0.1, 0.15) is 5.58 Å². The number of furan rings is 1. The minimum absolute atomic E-state index is 0.0511. The van der Waals surface area contributed by atoms with E-state index in [1.165, 1.54) is 0 Å². The van der Waals surface area contributed by atoms with Gasteiger partial charge in [0.2, 0.25) is 5.78 Å². The Morgan fingerprint density at radius 3 is 2.56 bits per heavy atom. The predicted molar refractivity (Wildman–Crippen MR) is 101 cm³/mol. The molecule has 3 rings (SSSR count). The lowest BCUT2D eigenvalue weighted by atomic mass is 10.1. The van der Waals surface area contributed by atoms with Crippen LogP contribution in [0.4, 0.5) is 0 Å². The van der Waals surface area contributed by atoms with Gasteiger partial charge in [0, 0.05) is 23.0 Å². The van der Waals surface area contributed by atoms with Crippen LogP contribution in [0.2, 0.25) is 5.02 Å². The molecule has 0 fully saturated rings. The van der Waals surface area contributed by atoms with Crippen molar-refractivity contribution in [2.45, 2.75) is 6.04 Å². The molecule has 0 amide bonds. The number of carbonyl (C=O) groups is 1. The fraction of sp³-hybridized carbons (Fsp3) is 0.250. The molecule has 25 heavy (non-hydrogen) atoms. The number of Topliss-reactive ketones (excluding diaryl/α,β-unsaturated/α-hetero) is 1. The monoisotopic (exact) mass is 356 g/mol. The number of benzene rings is 2. The van der Waals surface area contributed by atoms with Crippen LogP contribution in [-0.4, -0.2) is 37.9 Å². The maximum absolute atomic E-state index is 12.4. The van der Waals surface area contributed by atoms with Gasteiger partial charge in [0.25, 0.3) is 0 Å². The smallest absolute Gasteiger partial charge is 0.211 e. The van der Waals surface area contributed by atoms with Crippen molar-refractivity contribution >= 4 is 28.4 Å². The van der Waals surface area contributed by atoms with Gasteiger partial charge in [0.05, 0.1) is 6.54 Å². The molecule has 5 heteroatoms. The largest absolute Gasteiger partial charge is 0.453 e. The third-order valence-electron chi connectivity index (χ3n) is 4.20. The Kier molecular flexibility index (Phi) is 5.53. The summed E-state index contributed by atoms with van der Waals surface area (Å²) >= 11 is 5.96. The van der Waals surface area contributed by atoms with E-state index >= 15 is 0 Å². The number of hydrogen-bond acceptors (Lipinski definition) is 4. The summed E-state index contributed by atoms with van der Waals surface area (Å²) in [5.74, 6) is 0.339. The van der Waals surface area contributed by atoms with Crippen molar-refractivity contribution in [2.75, 3.05) is 27.2 Å². The topological polar surface area (TPSA) is 45.5 Å². The van der Waals surface area contributed by atoms with Crippen molar-refractivity contribution in [3.63, 3.8) is 0 Å². The Labute approximate surface area is 152 Å². The highest BCUT2D eigenvalue weighted by atomic mass is 35.5. The summed E-state index contributed by atoms with van der Waals surface area (Å²) < 4.78 is 5.62. The Bertz CT molecular complexity index is 823. The van der Waals surface area contributed by atoms with Crippen molar-refractivity contribution < 1.29 is 9.21 Å². The van der Waals surface area contributed by atoms with Crippen LogP contribution in [0.1, 0.15) is 22.2 Å². The van der Waals surface area contributed by atoms with Crippen LogP contribution in [-0.2, 0) is 0 Å². The number of hydrogen-bond donors (Lipinski definition) is 1. The number of nitrogens with one attached hydrogen (secondary N) is 1. The fourth-order valence-electron chi connectivity index (χ4n) is 2.81. The van der Waals surface area contributed by atoms with Crippen molar-refractivity contribution in [2.24, 2.45) is 0 Å². The number of carbonyl (C=O) groups excluding carboxylic acids is 1. The summed E-state index contributed by atoms with van der Waals surface area (Å²) in [7, 11) is 4.03. The molecule has 3 aromatic rings. The second-order valence-corrected chi connectivity index (χ2v) is 6.67. The van der Waals surface area contributed by atoms with Crippen LogP contribution >= 0.6 is 11.6 Å². The second-order valence-electron chi connectivity index (χ2n) is 6.23. The van der Waals surface area contributed by atoms with E-state index in [-0.39, 0.29) is 18.4 Å². The van der Waals surface area contributed by atoms with E-state index in [1.807, 2.05) is 62.6 Å². The number of likely N-dealkylation sites (N-methyl/N-ethyl adjacent to an activating group) is 1. The minimum atomic E-state index is -0.0511. The van der Waals surface area contributed by atoms with Crippen molar-refractivity contribution in [3.05, 3.63) is 70.9 Å². The first-order valence-electron chi connectivity index (χ1n) is 8.19. The predicted octanol–water partition coefficient (Wildman–Crippen LogP) is 4.16. The molecule has 1 atom stereocenters. The molecule has 1 heterocycles. The van der Waals surface area contributed by atoms with E-state index < -0.39 is 0 Å². The van der Waals surface area contributed by atoms with Crippen LogP contribution in [0.25, 0.3) is 11.0 Å². The van der Waals surface area contributed by atoms with E-state index in [4.69, 9.17) is 16.0 Å². The van der Waals surface area contributed by atoms with Gasteiger partial charge in [-0.15, -0.1) is 0 Å². The molecular formula is C20H21ClN2O2. The molecule has 1 aromatic heterocycles. The highest BCUT2D eigenvalue weighted by Crippen LogP contribution is 2.21. The van der Waals surface area contributed by atoms with E-state index in [0.717, 1.165) is 16.5 Å². The van der Waals surface area contributed by atoms with Gasteiger partial charge >= 0.3 is 0 Å². The zero-order valence-corrected chi connectivity index (χ0v) is 15.1. The SMILES string of the molecule is CN(C)C(CNCC(=O)c1cc2ccccc2o1)c1ccc(Cl)cc1. The lowest BCUT2D eigenvalue weighted by molar-refractivity contribution is 0.0964. The number of para-hydroxylation sites is 1. The molecule has 4 nitrogen and oxygen atoms in total. The molecule has 1 unspecified atom stereocenters. The van der Waals surface area contributed by atoms with Gasteiger partial charge in [-0.05, 0) is 43.9 Å². The zero-order chi connectivity index (χ0) is 17.8. The van der Waals surface area contributed by atoms with Crippen molar-refractivity contribution in [3.8, 4) is 0 Å². The summed E-state index contributed by atoms with van der Waals surface area (Å²) in [5, 5.41) is 4.90. The van der Waals surface area contributed by atoms with Crippen LogP contribution in [0, 0.1) is 0 Å². The first kappa shape index (κ1) is 17.7. The van der Waals surface area contributed by atoms with Crippen LogP contribution in [0.5, 0.6) is 0 Å². The Morgan fingerprint density at radius 2 is 1.88 bits per heavy atom. The second kappa shape index (κ2) is 7.83. The number of rotatable bonds is 7. The summed E-state index contributed by atoms with van der Waals surface area (Å²) in [6, 6.07) is 17.4. The van der Waals surface area contributed by atoms with Gasteiger partial charge in [-0.2, -0.15) is 0 Å². The van der Waals surface area contributed by atoms with Gasteiger partial charge < -0.3 is 14.6 Å². The van der Waals surface area contributed by atoms with E-state index in [0.29, 0.717) is 17.3 Å². The molecule has 1 N–H and O–H groups in total. The van der Waals surface area contributed by atoms with Gasteiger partial charge in [-0.25, -0.2) is 0 Å². The van der Waals surface area contributed by atoms with Crippen LogP contribution in [0.3, 0.4) is 0 Å². The zero-order valence-electron chi connectivity index (χ0n) is 14.3. The number of nitrogens with zero attached hydrogens (tertiary/aromatic N) is 1. The highest BCUT2D eigenvalue weighted by Gasteiger charge is 2.16. The summed E-state index contributed by atoms with van der Waals surface area (Å²) in [5.41, 5.74) is 1.89. The Balaban J connectivity index is 1.61. The first-order valence-corrected chi connectivity index (χ1v) is 8.57. The fourth-order valence-corrected chi connectivity index (χ4v) is 2.94. The maximum Gasteiger partial charge on any atom is 0.211 e. The van der Waals surface area contributed by atoms with Crippen LogP contribution < -0.4 is 5.32 Å². The average molecular weight is 357 g/mol. The van der Waals surface area contributed by atoms with E-state index in [1.54, 1.807) is 6.07 Å². The van der Waals surface area contributed by atoms with Crippen molar-refractivity contribution in [1.29, 1.82) is 0 Å². The minimum Gasteiger partial charge on any atom is -0.453 e. The molecule has 0 radical (unpaired) electrons. The summed E-state index contributed by atoms with van der Waals surface area (Å²) in [4.78, 5) is 14.5. The normalized spacial score (nSPS) is 12.6. The lowest BCUT2D eigenvalue weighted by Crippen LogP contribution is -2.33. The molecule has 0 spiro atoms. The maximum atomic E-state index is 12.4. The van der Waals surface area contributed by atoms with Crippen LogP contribution in [0.15, 0.2) is 59.0 Å². The molecule has 0 saturated heterocycles. The number of fused-ring (bicyclic) bond motifs is 1. The molecule has 0 aliphatic heterocycles. The molecule has 0 saturated carbocycles. The molecular weight excluding hydrogens is 336 g/mol. The molecule has 0 bridgehead atoms. The molecule has 2 aromatic carbocycles. The van der Waals surface area contributed by atoms with Gasteiger partial charge in [-0.3, -0.25) is 4.79 Å². The summed E-state index contributed by atoms with van der Waals surface area (Å²) in [6.07, 6.45) is 0. The molecule has 0 aliphatic carbocycles. The van der Waals surface area contributed by atoms with Gasteiger partial charge in [-0.1, -0.05) is 41.9 Å². The lowest BCUT2D eigenvalue weighted by Gasteiger charge is -2.25. The van der Waals surface area contributed by atoms with Crippen molar-refractivity contribution in [1.82, 2.24) is 10.2 Å². The number of ketones is 1.